The van der Waals surface area contributed by atoms with Crippen LogP contribution < -0.4 is 23.7 Å². The van der Waals surface area contributed by atoms with Gasteiger partial charge in [-0.15, -0.1) is 0 Å². The van der Waals surface area contributed by atoms with Crippen molar-refractivity contribution >= 4 is 12.6 Å². The average molecular weight is 344 g/mol. The van der Waals surface area contributed by atoms with Crippen LogP contribution in [0, 0.1) is 0 Å². The first-order valence-electron chi connectivity index (χ1n) is 7.35. The van der Waals surface area contributed by atoms with Gasteiger partial charge < -0.3 is 23.7 Å². The third-order valence-electron chi connectivity index (χ3n) is 3.95. The van der Waals surface area contributed by atoms with Crippen molar-refractivity contribution in [3.05, 3.63) is 29.3 Å². The minimum absolute atomic E-state index is 0.0763. The molecule has 0 bridgehead atoms. The summed E-state index contributed by atoms with van der Waals surface area (Å²) in [5.74, 6) is 1.86. The Labute approximate surface area is 144 Å². The van der Waals surface area contributed by atoms with Gasteiger partial charge in [0, 0.05) is 11.1 Å². The Morgan fingerprint density at radius 3 is 2.08 bits per heavy atom. The number of carbonyl (C=O) groups is 2. The van der Waals surface area contributed by atoms with Gasteiger partial charge in [-0.3, -0.25) is 9.59 Å². The maximum absolute atomic E-state index is 11.8. The van der Waals surface area contributed by atoms with Crippen LogP contribution in [0.25, 0.3) is 11.1 Å². The van der Waals surface area contributed by atoms with E-state index in [2.05, 4.69) is 0 Å². The molecule has 2 aromatic carbocycles. The van der Waals surface area contributed by atoms with Crippen molar-refractivity contribution in [1.29, 1.82) is 0 Å². The van der Waals surface area contributed by atoms with E-state index in [1.165, 1.54) is 21.3 Å². The van der Waals surface area contributed by atoms with Crippen LogP contribution in [-0.2, 0) is 0 Å². The number of methoxy groups -OCH3 is 3. The van der Waals surface area contributed by atoms with E-state index in [9.17, 15) is 9.59 Å². The van der Waals surface area contributed by atoms with Gasteiger partial charge in [0.25, 0.3) is 0 Å². The summed E-state index contributed by atoms with van der Waals surface area (Å²) in [6.07, 6.45) is 1.34. The Morgan fingerprint density at radius 1 is 0.840 bits per heavy atom. The third-order valence-corrected chi connectivity index (χ3v) is 3.95. The highest BCUT2D eigenvalue weighted by Gasteiger charge is 2.25. The summed E-state index contributed by atoms with van der Waals surface area (Å²) in [5.41, 5.74) is 1.55. The second kappa shape index (κ2) is 6.72. The Kier molecular flexibility index (Phi) is 4.47. The summed E-state index contributed by atoms with van der Waals surface area (Å²) in [4.78, 5) is 23.3. The van der Waals surface area contributed by atoms with Gasteiger partial charge in [-0.05, 0) is 23.8 Å². The number of benzene rings is 2. The maximum Gasteiger partial charge on any atom is 0.231 e. The highest BCUT2D eigenvalue weighted by Crippen LogP contribution is 2.47. The lowest BCUT2D eigenvalue weighted by atomic mass is 9.94. The summed E-state index contributed by atoms with van der Waals surface area (Å²) >= 11 is 0. The fourth-order valence-corrected chi connectivity index (χ4v) is 2.81. The first-order valence-corrected chi connectivity index (χ1v) is 7.35. The van der Waals surface area contributed by atoms with Crippen molar-refractivity contribution in [2.45, 2.75) is 0 Å². The van der Waals surface area contributed by atoms with Gasteiger partial charge in [-0.25, -0.2) is 0 Å². The highest BCUT2D eigenvalue weighted by atomic mass is 16.7. The Morgan fingerprint density at radius 2 is 1.52 bits per heavy atom. The monoisotopic (exact) mass is 344 g/mol. The second-order valence-corrected chi connectivity index (χ2v) is 5.13. The van der Waals surface area contributed by atoms with E-state index in [0.717, 1.165) is 0 Å². The van der Waals surface area contributed by atoms with Gasteiger partial charge in [-0.2, -0.15) is 0 Å². The lowest BCUT2D eigenvalue weighted by Gasteiger charge is -2.18. The summed E-state index contributed by atoms with van der Waals surface area (Å²) in [6.45, 7) is 0.0763. The molecule has 1 aliphatic rings. The molecule has 0 N–H and O–H groups in total. The van der Waals surface area contributed by atoms with Gasteiger partial charge in [0.15, 0.2) is 35.6 Å². The zero-order chi connectivity index (χ0) is 18.0. The maximum atomic E-state index is 11.8. The van der Waals surface area contributed by atoms with Crippen molar-refractivity contribution in [1.82, 2.24) is 0 Å². The van der Waals surface area contributed by atoms with Gasteiger partial charge in [0.05, 0.1) is 26.9 Å². The first kappa shape index (κ1) is 16.6. The molecule has 0 aliphatic carbocycles. The van der Waals surface area contributed by atoms with E-state index < -0.39 is 0 Å². The molecule has 7 heteroatoms. The van der Waals surface area contributed by atoms with E-state index >= 15 is 0 Å². The van der Waals surface area contributed by atoms with Crippen molar-refractivity contribution in [2.24, 2.45) is 0 Å². The summed E-state index contributed by atoms with van der Waals surface area (Å²) in [5, 5.41) is 0. The Bertz CT molecular complexity index is 842. The van der Waals surface area contributed by atoms with Crippen LogP contribution >= 0.6 is 0 Å². The highest BCUT2D eigenvalue weighted by molar-refractivity contribution is 5.99. The number of rotatable bonds is 6. The zero-order valence-electron chi connectivity index (χ0n) is 14.0. The number of hydrogen-bond acceptors (Lipinski definition) is 7. The molecule has 1 aliphatic heterocycles. The van der Waals surface area contributed by atoms with Gasteiger partial charge in [-0.1, -0.05) is 0 Å². The molecule has 7 nitrogen and oxygen atoms in total. The molecule has 0 saturated carbocycles. The van der Waals surface area contributed by atoms with Crippen molar-refractivity contribution in [3.8, 4) is 39.9 Å². The van der Waals surface area contributed by atoms with Crippen molar-refractivity contribution in [3.63, 3.8) is 0 Å². The molecule has 3 rings (SSSR count). The lowest BCUT2D eigenvalue weighted by Crippen LogP contribution is -2.02. The fraction of sp³-hybridized carbons (Fsp3) is 0.222. The standard InChI is InChI=1S/C18H16O7/c1-21-16-6-12(13(8-20)17(22-2)18(16)23-3)11-5-15-14(24-9-25-15)4-10(11)7-19/h4-8H,9H2,1-3H3. The normalized spacial score (nSPS) is 11.8. The molecular formula is C18H16O7. The molecule has 0 aromatic heterocycles. The van der Waals surface area contributed by atoms with Crippen molar-refractivity contribution in [2.75, 3.05) is 28.1 Å². The lowest BCUT2D eigenvalue weighted by molar-refractivity contribution is 0.111. The van der Waals surface area contributed by atoms with Gasteiger partial charge in [0.1, 0.15) is 0 Å². The molecule has 0 unspecified atom stereocenters. The Balaban J connectivity index is 2.34. The third kappa shape index (κ3) is 2.63. The Hall–Kier alpha value is -3.22. The number of aldehydes is 2. The van der Waals surface area contributed by atoms with Crippen LogP contribution in [0.3, 0.4) is 0 Å². The van der Waals surface area contributed by atoms with Crippen LogP contribution in [0.15, 0.2) is 18.2 Å². The predicted octanol–water partition coefficient (Wildman–Crippen LogP) is 2.73. The molecule has 130 valence electrons. The molecule has 0 saturated heterocycles. The van der Waals surface area contributed by atoms with Crippen LogP contribution in [0.4, 0.5) is 0 Å². The van der Waals surface area contributed by atoms with E-state index in [-0.39, 0.29) is 18.1 Å². The molecule has 0 fully saturated rings. The summed E-state index contributed by atoms with van der Waals surface area (Å²) in [7, 11) is 4.35. The molecule has 2 aromatic rings. The van der Waals surface area contributed by atoms with E-state index in [1.54, 1.807) is 18.2 Å². The zero-order valence-corrected chi connectivity index (χ0v) is 14.0. The minimum atomic E-state index is 0.0763. The minimum Gasteiger partial charge on any atom is -0.493 e. The number of fused-ring (bicyclic) bond motifs is 1. The SMILES string of the molecule is COc1cc(-c2cc3c(cc2C=O)OCO3)c(C=O)c(OC)c1OC. The first-order chi connectivity index (χ1) is 12.2. The van der Waals surface area contributed by atoms with E-state index in [1.807, 2.05) is 0 Å². The average Bonchev–Trinajstić information content (AvgIpc) is 3.12. The van der Waals surface area contributed by atoms with E-state index in [0.29, 0.717) is 52.3 Å². The van der Waals surface area contributed by atoms with Gasteiger partial charge >= 0.3 is 0 Å². The second-order valence-electron chi connectivity index (χ2n) is 5.13. The van der Waals surface area contributed by atoms with Crippen molar-refractivity contribution < 1.29 is 33.3 Å². The van der Waals surface area contributed by atoms with Crippen LogP contribution in [0.2, 0.25) is 0 Å². The molecular weight excluding hydrogens is 328 g/mol. The predicted molar refractivity (Wildman–Crippen MR) is 88.4 cm³/mol. The summed E-state index contributed by atoms with van der Waals surface area (Å²) < 4.78 is 26.7. The van der Waals surface area contributed by atoms with Crippen LogP contribution in [-0.4, -0.2) is 40.7 Å². The molecule has 0 spiro atoms. The number of carbonyl (C=O) groups excluding carboxylic acids is 2. The van der Waals surface area contributed by atoms with Crippen LogP contribution in [0.5, 0.6) is 28.7 Å². The smallest absolute Gasteiger partial charge is 0.231 e. The molecule has 1 heterocycles. The quantitative estimate of drug-likeness (QED) is 0.745. The summed E-state index contributed by atoms with van der Waals surface area (Å²) in [6, 6.07) is 4.85. The number of hydrogen-bond donors (Lipinski definition) is 0. The molecule has 0 atom stereocenters. The van der Waals surface area contributed by atoms with Crippen LogP contribution in [0.1, 0.15) is 20.7 Å². The molecule has 0 radical (unpaired) electrons. The van der Waals surface area contributed by atoms with E-state index in [4.69, 9.17) is 23.7 Å². The number of ether oxygens (including phenoxy) is 5. The molecule has 25 heavy (non-hydrogen) atoms. The topological polar surface area (TPSA) is 80.3 Å². The molecule has 0 amide bonds. The largest absolute Gasteiger partial charge is 0.493 e. The fourth-order valence-electron chi connectivity index (χ4n) is 2.81. The van der Waals surface area contributed by atoms with Gasteiger partial charge in [0.2, 0.25) is 12.5 Å².